The molecule has 0 aliphatic rings. The molecule has 0 saturated carbocycles. The molecule has 0 radical (unpaired) electrons. The minimum atomic E-state index is -0.0305. The van der Waals surface area contributed by atoms with Crippen molar-refractivity contribution in [1.82, 2.24) is 4.98 Å². The molecule has 19 heavy (non-hydrogen) atoms. The number of thioether (sulfide) groups is 1. The maximum Gasteiger partial charge on any atom is 0.255 e. The van der Waals surface area contributed by atoms with Crippen LogP contribution < -0.4 is 5.56 Å². The third-order valence-corrected chi connectivity index (χ3v) is 4.06. The maximum atomic E-state index is 11.6. The number of benzene rings is 2. The monoisotopic (exact) mass is 267 g/mol. The summed E-state index contributed by atoms with van der Waals surface area (Å²) in [5.41, 5.74) is 1.27. The fraction of sp³-hybridized carbons (Fsp3) is 0.0625. The van der Waals surface area contributed by atoms with Crippen LogP contribution in [-0.4, -0.2) is 4.98 Å². The van der Waals surface area contributed by atoms with E-state index in [1.807, 2.05) is 24.3 Å². The van der Waals surface area contributed by atoms with Crippen LogP contribution in [-0.2, 0) is 5.75 Å². The summed E-state index contributed by atoms with van der Waals surface area (Å²) in [6.07, 6.45) is 1.69. The number of aromatic nitrogens is 1. The summed E-state index contributed by atoms with van der Waals surface area (Å²) >= 11 is 1.78. The molecule has 0 bridgehead atoms. The molecule has 2 aromatic carbocycles. The highest BCUT2D eigenvalue weighted by atomic mass is 32.2. The van der Waals surface area contributed by atoms with Crippen LogP contribution in [0.3, 0.4) is 0 Å². The number of H-pyrrole nitrogens is 1. The Hall–Kier alpha value is -2.00. The summed E-state index contributed by atoms with van der Waals surface area (Å²) in [7, 11) is 0. The molecule has 0 unspecified atom stereocenters. The number of pyridine rings is 1. The van der Waals surface area contributed by atoms with Gasteiger partial charge >= 0.3 is 0 Å². The molecule has 3 aromatic rings. The SMILES string of the molecule is O=c1[nH]ccc2cc(SCc3ccccc3)ccc12. The van der Waals surface area contributed by atoms with Crippen molar-refractivity contribution in [2.75, 3.05) is 0 Å². The second-order valence-corrected chi connectivity index (χ2v) is 5.38. The first-order chi connectivity index (χ1) is 9.33. The van der Waals surface area contributed by atoms with Crippen molar-refractivity contribution in [3.63, 3.8) is 0 Å². The fourth-order valence-electron chi connectivity index (χ4n) is 2.00. The zero-order valence-corrected chi connectivity index (χ0v) is 11.1. The van der Waals surface area contributed by atoms with Crippen molar-refractivity contribution in [3.8, 4) is 0 Å². The molecule has 0 aliphatic carbocycles. The topological polar surface area (TPSA) is 32.9 Å². The largest absolute Gasteiger partial charge is 0.329 e. The Morgan fingerprint density at radius 1 is 1.00 bits per heavy atom. The van der Waals surface area contributed by atoms with Crippen LogP contribution in [0, 0.1) is 0 Å². The number of rotatable bonds is 3. The van der Waals surface area contributed by atoms with Crippen molar-refractivity contribution >= 4 is 22.5 Å². The number of fused-ring (bicyclic) bond motifs is 1. The maximum absolute atomic E-state index is 11.6. The van der Waals surface area contributed by atoms with Gasteiger partial charge in [-0.25, -0.2) is 0 Å². The molecule has 0 fully saturated rings. The predicted octanol–water partition coefficient (Wildman–Crippen LogP) is 3.82. The van der Waals surface area contributed by atoms with E-state index in [0.717, 1.165) is 16.5 Å². The van der Waals surface area contributed by atoms with Gasteiger partial charge in [0.2, 0.25) is 0 Å². The number of aromatic amines is 1. The zero-order valence-electron chi connectivity index (χ0n) is 10.3. The third-order valence-electron chi connectivity index (χ3n) is 2.99. The lowest BCUT2D eigenvalue weighted by molar-refractivity contribution is 1.27. The van der Waals surface area contributed by atoms with Gasteiger partial charge in [0.05, 0.1) is 0 Å². The quantitative estimate of drug-likeness (QED) is 0.732. The molecule has 0 atom stereocenters. The molecule has 2 nitrogen and oxygen atoms in total. The summed E-state index contributed by atoms with van der Waals surface area (Å²) in [5, 5.41) is 1.73. The highest BCUT2D eigenvalue weighted by Crippen LogP contribution is 2.25. The van der Waals surface area contributed by atoms with E-state index < -0.39 is 0 Å². The van der Waals surface area contributed by atoms with Gasteiger partial charge in [-0.05, 0) is 35.2 Å². The van der Waals surface area contributed by atoms with Crippen LogP contribution in [0.15, 0.2) is 70.5 Å². The van der Waals surface area contributed by atoms with E-state index in [1.165, 1.54) is 10.5 Å². The van der Waals surface area contributed by atoms with Gasteiger partial charge in [-0.2, -0.15) is 0 Å². The number of nitrogens with one attached hydrogen (secondary N) is 1. The normalized spacial score (nSPS) is 10.7. The van der Waals surface area contributed by atoms with Crippen molar-refractivity contribution < 1.29 is 0 Å². The average Bonchev–Trinajstić information content (AvgIpc) is 2.46. The minimum Gasteiger partial charge on any atom is -0.329 e. The van der Waals surface area contributed by atoms with Crippen LogP contribution in [0.1, 0.15) is 5.56 Å². The Bertz CT molecular complexity index is 749. The highest BCUT2D eigenvalue weighted by Gasteiger charge is 2.00. The summed E-state index contributed by atoms with van der Waals surface area (Å²) < 4.78 is 0. The van der Waals surface area contributed by atoms with Gasteiger partial charge < -0.3 is 4.98 Å². The first kappa shape index (κ1) is 12.1. The van der Waals surface area contributed by atoms with Crippen molar-refractivity contribution in [2.24, 2.45) is 0 Å². The van der Waals surface area contributed by atoms with Gasteiger partial charge in [0.15, 0.2) is 0 Å². The molecular formula is C16H13NOS. The highest BCUT2D eigenvalue weighted by molar-refractivity contribution is 7.98. The molecule has 0 aliphatic heterocycles. The predicted molar refractivity (Wildman–Crippen MR) is 80.6 cm³/mol. The summed E-state index contributed by atoms with van der Waals surface area (Å²) in [6.45, 7) is 0. The Balaban J connectivity index is 1.84. The van der Waals surface area contributed by atoms with Gasteiger partial charge in [0.1, 0.15) is 0 Å². The van der Waals surface area contributed by atoms with E-state index in [2.05, 4.69) is 35.3 Å². The van der Waals surface area contributed by atoms with Crippen molar-refractivity contribution in [1.29, 1.82) is 0 Å². The van der Waals surface area contributed by atoms with Crippen LogP contribution in [0.25, 0.3) is 10.8 Å². The lowest BCUT2D eigenvalue weighted by Gasteiger charge is -2.03. The van der Waals surface area contributed by atoms with E-state index in [0.29, 0.717) is 0 Å². The zero-order chi connectivity index (χ0) is 13.1. The lowest BCUT2D eigenvalue weighted by atomic mass is 10.2. The van der Waals surface area contributed by atoms with Crippen molar-refractivity contribution in [3.05, 3.63) is 76.7 Å². The molecule has 1 N–H and O–H groups in total. The number of hydrogen-bond acceptors (Lipinski definition) is 2. The van der Waals surface area contributed by atoms with E-state index >= 15 is 0 Å². The molecule has 0 amide bonds. The molecule has 3 heteroatoms. The van der Waals surface area contributed by atoms with E-state index in [4.69, 9.17) is 0 Å². The molecule has 94 valence electrons. The van der Waals surface area contributed by atoms with Crippen molar-refractivity contribution in [2.45, 2.75) is 10.6 Å². The minimum absolute atomic E-state index is 0.0305. The summed E-state index contributed by atoms with van der Waals surface area (Å²) in [5.74, 6) is 0.940. The molecular weight excluding hydrogens is 254 g/mol. The van der Waals surface area contributed by atoms with Gasteiger partial charge in [0.25, 0.3) is 5.56 Å². The lowest BCUT2D eigenvalue weighted by Crippen LogP contribution is -2.03. The number of hydrogen-bond donors (Lipinski definition) is 1. The van der Waals surface area contributed by atoms with Crippen LogP contribution >= 0.6 is 11.8 Å². The fourth-order valence-corrected chi connectivity index (χ4v) is 2.90. The average molecular weight is 267 g/mol. The molecule has 1 heterocycles. The molecule has 1 aromatic heterocycles. The summed E-state index contributed by atoms with van der Waals surface area (Å²) in [6, 6.07) is 18.3. The Kier molecular flexibility index (Phi) is 3.38. The Labute approximate surface area is 115 Å². The van der Waals surface area contributed by atoms with E-state index in [1.54, 1.807) is 18.0 Å². The summed E-state index contributed by atoms with van der Waals surface area (Å²) in [4.78, 5) is 15.5. The second-order valence-electron chi connectivity index (χ2n) is 4.33. The van der Waals surface area contributed by atoms with Crippen LogP contribution in [0.2, 0.25) is 0 Å². The standard InChI is InChI=1S/C16H13NOS/c18-16-15-7-6-14(10-13(15)8-9-17-16)19-11-12-4-2-1-3-5-12/h1-10H,11H2,(H,17,18). The molecule has 0 saturated heterocycles. The third kappa shape index (κ3) is 2.71. The first-order valence-corrected chi connectivity index (χ1v) is 7.10. The molecule has 0 spiro atoms. The smallest absolute Gasteiger partial charge is 0.255 e. The first-order valence-electron chi connectivity index (χ1n) is 6.11. The molecule has 3 rings (SSSR count). The van der Waals surface area contributed by atoms with Crippen LogP contribution in [0.5, 0.6) is 0 Å². The van der Waals surface area contributed by atoms with E-state index in [9.17, 15) is 4.79 Å². The van der Waals surface area contributed by atoms with Crippen LogP contribution in [0.4, 0.5) is 0 Å². The second kappa shape index (κ2) is 5.33. The van der Waals surface area contributed by atoms with Gasteiger partial charge in [-0.15, -0.1) is 11.8 Å². The Morgan fingerprint density at radius 3 is 2.68 bits per heavy atom. The van der Waals surface area contributed by atoms with Gasteiger partial charge in [-0.3, -0.25) is 4.79 Å². The Morgan fingerprint density at radius 2 is 1.84 bits per heavy atom. The van der Waals surface area contributed by atoms with E-state index in [-0.39, 0.29) is 5.56 Å². The van der Waals surface area contributed by atoms with Gasteiger partial charge in [0, 0.05) is 22.2 Å². The van der Waals surface area contributed by atoms with Gasteiger partial charge in [-0.1, -0.05) is 30.3 Å².